The lowest BCUT2D eigenvalue weighted by Crippen LogP contribution is -2.39. The topological polar surface area (TPSA) is 61.9 Å². The number of rotatable bonds is 4. The Kier molecular flexibility index (Phi) is 3.31. The van der Waals surface area contributed by atoms with Crippen molar-refractivity contribution in [3.63, 3.8) is 0 Å². The van der Waals surface area contributed by atoms with Crippen molar-refractivity contribution in [1.82, 2.24) is 5.32 Å². The number of ether oxygens (including phenoxy) is 1. The molecule has 1 aliphatic rings. The van der Waals surface area contributed by atoms with Crippen LogP contribution in [0.15, 0.2) is 24.3 Å². The van der Waals surface area contributed by atoms with E-state index in [1.807, 2.05) is 18.2 Å². The van der Waals surface area contributed by atoms with Crippen LogP contribution in [0.2, 0.25) is 5.02 Å². The summed E-state index contributed by atoms with van der Waals surface area (Å²) in [5.74, 6) is 0. The number of hydrogen-bond donors (Lipinski definition) is 2. The van der Waals surface area contributed by atoms with E-state index in [-0.39, 0.29) is 12.1 Å². The molecule has 2 rings (SSSR count). The molecule has 1 saturated heterocycles. The third-order valence-electron chi connectivity index (χ3n) is 2.46. The monoisotopic (exact) mass is 241 g/mol. The Bertz CT molecular complexity index is 393. The first-order valence-corrected chi connectivity index (χ1v) is 5.38. The third-order valence-corrected chi connectivity index (χ3v) is 2.70. The van der Waals surface area contributed by atoms with Gasteiger partial charge in [-0.15, -0.1) is 0 Å². The van der Waals surface area contributed by atoms with Gasteiger partial charge < -0.3 is 15.2 Å². The second-order valence-corrected chi connectivity index (χ2v) is 4.20. The van der Waals surface area contributed by atoms with Gasteiger partial charge in [-0.3, -0.25) is 0 Å². The second kappa shape index (κ2) is 4.72. The first kappa shape index (κ1) is 11.2. The van der Waals surface area contributed by atoms with Crippen molar-refractivity contribution < 1.29 is 14.6 Å². The molecule has 2 atom stereocenters. The lowest BCUT2D eigenvalue weighted by molar-refractivity contribution is 0.186. The van der Waals surface area contributed by atoms with Crippen LogP contribution in [-0.2, 0) is 11.2 Å². The first-order chi connectivity index (χ1) is 7.65. The van der Waals surface area contributed by atoms with E-state index in [1.54, 1.807) is 6.07 Å². The molecule has 1 amide bonds. The van der Waals surface area contributed by atoms with Crippen molar-refractivity contribution in [3.8, 4) is 0 Å². The molecule has 0 radical (unpaired) electrons. The maximum absolute atomic E-state index is 10.6. The summed E-state index contributed by atoms with van der Waals surface area (Å²) < 4.78 is 5.12. The van der Waals surface area contributed by atoms with Crippen LogP contribution in [0.25, 0.3) is 0 Å². The van der Waals surface area contributed by atoms with Crippen molar-refractivity contribution in [2.45, 2.75) is 18.6 Å². The van der Waals surface area contributed by atoms with Gasteiger partial charge in [0.1, 0.15) is 6.10 Å². The highest BCUT2D eigenvalue weighted by Crippen LogP contribution is 2.19. The van der Waals surface area contributed by atoms with E-state index < -0.39 is 6.09 Å². The number of nitrogens with one attached hydrogen (secondary N) is 1. The molecule has 1 aromatic carbocycles. The predicted molar refractivity (Wildman–Crippen MR) is 59.8 cm³/mol. The number of benzene rings is 1. The van der Waals surface area contributed by atoms with Gasteiger partial charge in [-0.2, -0.15) is 0 Å². The molecule has 1 aliphatic heterocycles. The van der Waals surface area contributed by atoms with Crippen LogP contribution in [0.4, 0.5) is 4.79 Å². The molecular weight excluding hydrogens is 230 g/mol. The van der Waals surface area contributed by atoms with Crippen molar-refractivity contribution in [2.24, 2.45) is 0 Å². The second-order valence-electron chi connectivity index (χ2n) is 3.76. The number of halogens is 1. The van der Waals surface area contributed by atoms with Crippen LogP contribution in [0.1, 0.15) is 5.56 Å². The van der Waals surface area contributed by atoms with Gasteiger partial charge in [-0.25, -0.2) is 4.79 Å². The summed E-state index contributed by atoms with van der Waals surface area (Å²) in [6.45, 7) is 0.617. The molecule has 16 heavy (non-hydrogen) atoms. The van der Waals surface area contributed by atoms with E-state index in [9.17, 15) is 4.79 Å². The van der Waals surface area contributed by atoms with Gasteiger partial charge >= 0.3 is 6.09 Å². The van der Waals surface area contributed by atoms with Gasteiger partial charge in [-0.05, 0) is 24.1 Å². The standard InChI is InChI=1S/C11H12ClNO3/c12-8-3-1-2-7(4-8)5-9(10-6-16-10)13-11(14)15/h1-4,9-10,13H,5-6H2,(H,14,15)/t9-,10+/m0/s1. The lowest BCUT2D eigenvalue weighted by atomic mass is 10.0. The van der Waals surface area contributed by atoms with Gasteiger partial charge in [0.2, 0.25) is 0 Å². The number of amides is 1. The van der Waals surface area contributed by atoms with Crippen LogP contribution >= 0.6 is 11.6 Å². The van der Waals surface area contributed by atoms with Crippen molar-refractivity contribution in [2.75, 3.05) is 6.61 Å². The van der Waals surface area contributed by atoms with Crippen LogP contribution in [0.5, 0.6) is 0 Å². The Morgan fingerprint density at radius 2 is 2.44 bits per heavy atom. The molecule has 0 saturated carbocycles. The maximum atomic E-state index is 10.6. The smallest absolute Gasteiger partial charge is 0.404 e. The maximum Gasteiger partial charge on any atom is 0.404 e. The average molecular weight is 242 g/mol. The zero-order chi connectivity index (χ0) is 11.5. The van der Waals surface area contributed by atoms with Crippen LogP contribution in [0, 0.1) is 0 Å². The van der Waals surface area contributed by atoms with E-state index in [4.69, 9.17) is 21.4 Å². The number of hydrogen-bond acceptors (Lipinski definition) is 2. The predicted octanol–water partition coefficient (Wildman–Crippen LogP) is 1.92. The van der Waals surface area contributed by atoms with Gasteiger partial charge in [0.05, 0.1) is 12.6 Å². The Morgan fingerprint density at radius 3 is 3.00 bits per heavy atom. The largest absolute Gasteiger partial charge is 0.465 e. The molecular formula is C11H12ClNO3. The number of carbonyl (C=O) groups is 1. The van der Waals surface area contributed by atoms with Crippen LogP contribution in [0.3, 0.4) is 0 Å². The molecule has 2 N–H and O–H groups in total. The Balaban J connectivity index is 2.02. The van der Waals surface area contributed by atoms with Gasteiger partial charge in [0.15, 0.2) is 0 Å². The van der Waals surface area contributed by atoms with Crippen LogP contribution < -0.4 is 5.32 Å². The van der Waals surface area contributed by atoms with Gasteiger partial charge in [0, 0.05) is 5.02 Å². The number of epoxide rings is 1. The average Bonchev–Trinajstić information content (AvgIpc) is 2.99. The summed E-state index contributed by atoms with van der Waals surface area (Å²) in [7, 11) is 0. The van der Waals surface area contributed by atoms with E-state index in [1.165, 1.54) is 0 Å². The molecule has 4 nitrogen and oxygen atoms in total. The Hall–Kier alpha value is -1.26. The van der Waals surface area contributed by atoms with E-state index in [0.29, 0.717) is 18.1 Å². The van der Waals surface area contributed by atoms with Gasteiger partial charge in [0.25, 0.3) is 0 Å². The summed E-state index contributed by atoms with van der Waals surface area (Å²) >= 11 is 5.86. The minimum Gasteiger partial charge on any atom is -0.465 e. The minimum absolute atomic E-state index is 0.00455. The fraction of sp³-hybridized carbons (Fsp3) is 0.364. The summed E-state index contributed by atoms with van der Waals surface area (Å²) in [6, 6.07) is 7.20. The lowest BCUT2D eigenvalue weighted by Gasteiger charge is -2.14. The molecule has 5 heteroatoms. The summed E-state index contributed by atoms with van der Waals surface area (Å²) in [6.07, 6.45) is -0.435. The van der Waals surface area contributed by atoms with E-state index >= 15 is 0 Å². The molecule has 1 heterocycles. The van der Waals surface area contributed by atoms with E-state index in [0.717, 1.165) is 5.56 Å². The van der Waals surface area contributed by atoms with Crippen molar-refractivity contribution in [3.05, 3.63) is 34.9 Å². The third kappa shape index (κ3) is 3.12. The first-order valence-electron chi connectivity index (χ1n) is 5.00. The quantitative estimate of drug-likeness (QED) is 0.792. The minimum atomic E-state index is -1.03. The van der Waals surface area contributed by atoms with Crippen molar-refractivity contribution >= 4 is 17.7 Å². The molecule has 0 bridgehead atoms. The Morgan fingerprint density at radius 1 is 1.69 bits per heavy atom. The normalized spacial score (nSPS) is 20.2. The SMILES string of the molecule is O=C(O)N[C@@H](Cc1cccc(Cl)c1)[C@H]1CO1. The molecule has 86 valence electrons. The number of carboxylic acid groups (broad SMARTS) is 1. The highest BCUT2D eigenvalue weighted by molar-refractivity contribution is 6.30. The highest BCUT2D eigenvalue weighted by atomic mass is 35.5. The molecule has 0 aromatic heterocycles. The molecule has 1 fully saturated rings. The van der Waals surface area contributed by atoms with Crippen LogP contribution in [-0.4, -0.2) is 30.0 Å². The molecule has 1 aromatic rings. The Labute approximate surface area is 98.2 Å². The zero-order valence-corrected chi connectivity index (χ0v) is 9.28. The summed E-state index contributed by atoms with van der Waals surface area (Å²) in [5, 5.41) is 11.8. The zero-order valence-electron chi connectivity index (χ0n) is 8.52. The summed E-state index contributed by atoms with van der Waals surface area (Å²) in [5.41, 5.74) is 1.00. The molecule has 0 unspecified atom stereocenters. The molecule has 0 spiro atoms. The van der Waals surface area contributed by atoms with E-state index in [2.05, 4.69) is 5.32 Å². The van der Waals surface area contributed by atoms with Gasteiger partial charge in [-0.1, -0.05) is 23.7 Å². The van der Waals surface area contributed by atoms with Crippen molar-refractivity contribution in [1.29, 1.82) is 0 Å². The fourth-order valence-electron chi connectivity index (χ4n) is 1.64. The highest BCUT2D eigenvalue weighted by Gasteiger charge is 2.33. The summed E-state index contributed by atoms with van der Waals surface area (Å²) in [4.78, 5) is 10.6. The molecule has 0 aliphatic carbocycles. The fourth-order valence-corrected chi connectivity index (χ4v) is 1.85.